The van der Waals surface area contributed by atoms with E-state index in [9.17, 15) is 14.4 Å². The number of anilines is 1. The molecule has 2 heterocycles. The molecule has 0 bridgehead atoms. The molecule has 1 aliphatic heterocycles. The molecule has 0 spiro atoms. The van der Waals surface area contributed by atoms with Crippen LogP contribution in [0.1, 0.15) is 11.3 Å². The summed E-state index contributed by atoms with van der Waals surface area (Å²) in [6.45, 7) is 1.48. The van der Waals surface area contributed by atoms with Crippen LogP contribution in [0.3, 0.4) is 0 Å². The number of rotatable bonds is 4. The second-order valence-corrected chi connectivity index (χ2v) is 7.89. The van der Waals surface area contributed by atoms with E-state index in [0.717, 1.165) is 22.2 Å². The SMILES string of the molecule is Cc1ccc(NC(=O)CN2C(=O)S/C(=C/c3ccc(I)o3)C2=O)cc1Cl. The third-order valence-electron chi connectivity index (χ3n) is 3.50. The lowest BCUT2D eigenvalue weighted by Gasteiger charge is -2.12. The molecule has 1 aromatic heterocycles. The smallest absolute Gasteiger partial charge is 0.294 e. The largest absolute Gasteiger partial charge is 0.451 e. The Morgan fingerprint density at radius 2 is 2.12 bits per heavy atom. The fraction of sp³-hybridized carbons (Fsp3) is 0.118. The molecule has 1 aliphatic rings. The average Bonchev–Trinajstić information content (AvgIpc) is 3.09. The van der Waals surface area contributed by atoms with Crippen LogP contribution in [0.4, 0.5) is 10.5 Å². The Bertz CT molecular complexity index is 941. The summed E-state index contributed by atoms with van der Waals surface area (Å²) in [4.78, 5) is 37.7. The van der Waals surface area contributed by atoms with Crippen LogP contribution in [-0.4, -0.2) is 28.5 Å². The highest BCUT2D eigenvalue weighted by molar-refractivity contribution is 14.1. The van der Waals surface area contributed by atoms with Gasteiger partial charge in [0.05, 0.1) is 4.91 Å². The predicted octanol–water partition coefficient (Wildman–Crippen LogP) is 4.52. The van der Waals surface area contributed by atoms with Crippen molar-refractivity contribution in [3.63, 3.8) is 0 Å². The van der Waals surface area contributed by atoms with E-state index in [1.165, 1.54) is 6.08 Å². The summed E-state index contributed by atoms with van der Waals surface area (Å²) >= 11 is 8.80. The number of carbonyl (C=O) groups is 3. The van der Waals surface area contributed by atoms with Gasteiger partial charge in [-0.2, -0.15) is 0 Å². The van der Waals surface area contributed by atoms with Crippen LogP contribution >= 0.6 is 46.0 Å². The van der Waals surface area contributed by atoms with Crippen LogP contribution in [0.2, 0.25) is 5.02 Å². The monoisotopic (exact) mass is 502 g/mol. The van der Waals surface area contributed by atoms with Gasteiger partial charge < -0.3 is 9.73 Å². The fourth-order valence-corrected chi connectivity index (χ4v) is 3.62. The molecule has 3 rings (SSSR count). The maximum Gasteiger partial charge on any atom is 0.294 e. The number of aryl methyl sites for hydroxylation is 1. The number of nitrogens with one attached hydrogen (secondary N) is 1. The van der Waals surface area contributed by atoms with Crippen molar-refractivity contribution >= 4 is 74.8 Å². The molecule has 1 saturated heterocycles. The quantitative estimate of drug-likeness (QED) is 0.491. The number of hydrogen-bond donors (Lipinski definition) is 1. The maximum atomic E-state index is 12.4. The molecule has 1 fully saturated rings. The third kappa shape index (κ3) is 4.30. The van der Waals surface area contributed by atoms with Gasteiger partial charge in [-0.3, -0.25) is 19.3 Å². The molecule has 0 atom stereocenters. The number of halogens is 2. The first kappa shape index (κ1) is 19.0. The van der Waals surface area contributed by atoms with Gasteiger partial charge in [-0.1, -0.05) is 17.7 Å². The molecule has 0 radical (unpaired) electrons. The van der Waals surface area contributed by atoms with Crippen LogP contribution in [0.5, 0.6) is 0 Å². The first-order valence-electron chi connectivity index (χ1n) is 7.40. The van der Waals surface area contributed by atoms with Gasteiger partial charge in [-0.05, 0) is 71.1 Å². The number of amides is 3. The first-order chi connectivity index (χ1) is 12.3. The van der Waals surface area contributed by atoms with E-state index in [-0.39, 0.29) is 11.4 Å². The molecule has 6 nitrogen and oxygen atoms in total. The molecule has 2 aromatic rings. The molecule has 134 valence electrons. The predicted molar refractivity (Wildman–Crippen MR) is 109 cm³/mol. The van der Waals surface area contributed by atoms with Gasteiger partial charge in [0.15, 0.2) is 3.77 Å². The standard InChI is InChI=1S/C17H12ClIN2O4S/c1-9-2-3-10(6-12(9)18)20-15(22)8-21-16(23)13(26-17(21)24)7-11-4-5-14(19)25-11/h2-7H,8H2,1H3,(H,20,22)/b13-7+. The fourth-order valence-electron chi connectivity index (χ4n) is 2.19. The van der Waals surface area contributed by atoms with Gasteiger partial charge in [-0.15, -0.1) is 0 Å². The van der Waals surface area contributed by atoms with E-state index >= 15 is 0 Å². The van der Waals surface area contributed by atoms with Crippen molar-refractivity contribution in [3.8, 4) is 0 Å². The lowest BCUT2D eigenvalue weighted by atomic mass is 10.2. The Morgan fingerprint density at radius 1 is 1.35 bits per heavy atom. The molecule has 1 N–H and O–H groups in total. The lowest BCUT2D eigenvalue weighted by Crippen LogP contribution is -2.36. The Hall–Kier alpha value is -1.78. The summed E-state index contributed by atoms with van der Waals surface area (Å²) in [6, 6.07) is 8.53. The molecular weight excluding hydrogens is 491 g/mol. The van der Waals surface area contributed by atoms with E-state index in [0.29, 0.717) is 20.2 Å². The summed E-state index contributed by atoms with van der Waals surface area (Å²) in [5, 5.41) is 2.65. The number of nitrogens with zero attached hydrogens (tertiary/aromatic N) is 1. The third-order valence-corrected chi connectivity index (χ3v) is 5.39. The van der Waals surface area contributed by atoms with Crippen molar-refractivity contribution in [3.05, 3.63) is 55.4 Å². The molecule has 0 unspecified atom stereocenters. The van der Waals surface area contributed by atoms with Gasteiger partial charge in [0.25, 0.3) is 11.1 Å². The van der Waals surface area contributed by atoms with Gasteiger partial charge in [-0.25, -0.2) is 0 Å². The second-order valence-electron chi connectivity index (χ2n) is 5.42. The molecule has 0 saturated carbocycles. The molecule has 26 heavy (non-hydrogen) atoms. The Kier molecular flexibility index (Phi) is 5.73. The van der Waals surface area contributed by atoms with Crippen LogP contribution in [0.15, 0.2) is 39.7 Å². The van der Waals surface area contributed by atoms with Crippen LogP contribution in [0.25, 0.3) is 6.08 Å². The number of hydrogen-bond acceptors (Lipinski definition) is 5. The Labute approximate surface area is 172 Å². The maximum absolute atomic E-state index is 12.4. The van der Waals surface area contributed by atoms with Crippen molar-refractivity contribution in [2.45, 2.75) is 6.92 Å². The molecule has 9 heteroatoms. The Balaban J connectivity index is 1.68. The van der Waals surface area contributed by atoms with Crippen molar-refractivity contribution in [1.82, 2.24) is 4.90 Å². The van der Waals surface area contributed by atoms with E-state index in [2.05, 4.69) is 5.32 Å². The van der Waals surface area contributed by atoms with E-state index in [1.807, 2.05) is 29.5 Å². The first-order valence-corrected chi connectivity index (χ1v) is 9.67. The zero-order valence-electron chi connectivity index (χ0n) is 13.4. The number of carbonyl (C=O) groups excluding carboxylic acids is 3. The Morgan fingerprint density at radius 3 is 2.77 bits per heavy atom. The highest BCUT2D eigenvalue weighted by atomic mass is 127. The molecule has 1 aromatic carbocycles. The number of thioether (sulfide) groups is 1. The van der Waals surface area contributed by atoms with Crippen molar-refractivity contribution < 1.29 is 18.8 Å². The highest BCUT2D eigenvalue weighted by Gasteiger charge is 2.36. The van der Waals surface area contributed by atoms with Crippen molar-refractivity contribution in [2.24, 2.45) is 0 Å². The number of furan rings is 1. The summed E-state index contributed by atoms with van der Waals surface area (Å²) in [7, 11) is 0. The van der Waals surface area contributed by atoms with Gasteiger partial charge in [0.1, 0.15) is 12.3 Å². The van der Waals surface area contributed by atoms with Crippen molar-refractivity contribution in [1.29, 1.82) is 0 Å². The summed E-state index contributed by atoms with van der Waals surface area (Å²) in [5.41, 5.74) is 1.38. The second kappa shape index (κ2) is 7.85. The summed E-state index contributed by atoms with van der Waals surface area (Å²) < 4.78 is 6.04. The molecule has 0 aliphatic carbocycles. The summed E-state index contributed by atoms with van der Waals surface area (Å²) in [5.74, 6) is -0.539. The zero-order chi connectivity index (χ0) is 18.8. The summed E-state index contributed by atoms with van der Waals surface area (Å²) in [6.07, 6.45) is 1.49. The number of benzene rings is 1. The van der Waals surface area contributed by atoms with E-state index in [4.69, 9.17) is 16.0 Å². The van der Waals surface area contributed by atoms with Gasteiger partial charge in [0, 0.05) is 16.8 Å². The topological polar surface area (TPSA) is 79.6 Å². The highest BCUT2D eigenvalue weighted by Crippen LogP contribution is 2.32. The van der Waals surface area contributed by atoms with Crippen LogP contribution < -0.4 is 5.32 Å². The lowest BCUT2D eigenvalue weighted by molar-refractivity contribution is -0.127. The minimum Gasteiger partial charge on any atom is -0.451 e. The van der Waals surface area contributed by atoms with Crippen molar-refractivity contribution in [2.75, 3.05) is 11.9 Å². The van der Waals surface area contributed by atoms with Gasteiger partial charge >= 0.3 is 0 Å². The van der Waals surface area contributed by atoms with Crippen LogP contribution in [-0.2, 0) is 9.59 Å². The zero-order valence-corrected chi connectivity index (χ0v) is 17.1. The van der Waals surface area contributed by atoms with Crippen LogP contribution in [0, 0.1) is 10.7 Å². The van der Waals surface area contributed by atoms with E-state index in [1.54, 1.807) is 30.3 Å². The molecular formula is C17H12ClIN2O4S. The van der Waals surface area contributed by atoms with Gasteiger partial charge in [0.2, 0.25) is 5.91 Å². The average molecular weight is 503 g/mol. The number of imide groups is 1. The molecule has 3 amide bonds. The minimum absolute atomic E-state index is 0.215. The van der Waals surface area contributed by atoms with E-state index < -0.39 is 17.1 Å². The minimum atomic E-state index is -0.525. The normalized spacial score (nSPS) is 15.8.